The first-order valence-corrected chi connectivity index (χ1v) is 7.75. The van der Waals surface area contributed by atoms with Crippen molar-refractivity contribution in [2.45, 2.75) is 13.3 Å². The van der Waals surface area contributed by atoms with Crippen LogP contribution in [0.5, 0.6) is 5.75 Å². The van der Waals surface area contributed by atoms with Crippen LogP contribution in [0.4, 0.5) is 10.1 Å². The number of carbonyl (C=O) groups is 1. The molecule has 0 aliphatic carbocycles. The summed E-state index contributed by atoms with van der Waals surface area (Å²) in [5.74, 6) is 0.741. The van der Waals surface area contributed by atoms with E-state index >= 15 is 0 Å². The molecule has 0 radical (unpaired) electrons. The third-order valence-corrected chi connectivity index (χ3v) is 3.35. The Kier molecular flexibility index (Phi) is 5.03. The number of aromatic nitrogens is 2. The van der Waals surface area contributed by atoms with Crippen molar-refractivity contribution >= 4 is 11.6 Å². The van der Waals surface area contributed by atoms with Crippen molar-refractivity contribution in [2.24, 2.45) is 0 Å². The van der Waals surface area contributed by atoms with Gasteiger partial charge in [0.25, 0.3) is 5.91 Å². The molecular weight excluding hydrogens is 325 g/mol. The number of anilines is 1. The van der Waals surface area contributed by atoms with Gasteiger partial charge in [-0.15, -0.1) is 10.2 Å². The van der Waals surface area contributed by atoms with Crippen LogP contribution in [0, 0.1) is 5.82 Å². The van der Waals surface area contributed by atoms with Crippen molar-refractivity contribution in [1.29, 1.82) is 0 Å². The van der Waals surface area contributed by atoms with Crippen molar-refractivity contribution < 1.29 is 18.3 Å². The molecule has 0 spiro atoms. The number of carbonyl (C=O) groups excluding carboxylic acids is 1. The lowest BCUT2D eigenvalue weighted by atomic mass is 10.2. The minimum atomic E-state index is -0.415. The molecule has 0 saturated carbocycles. The molecule has 1 heterocycles. The van der Waals surface area contributed by atoms with E-state index in [-0.39, 0.29) is 12.5 Å². The molecule has 2 aromatic carbocycles. The van der Waals surface area contributed by atoms with E-state index in [1.165, 1.54) is 18.2 Å². The number of ether oxygens (including phenoxy) is 1. The third kappa shape index (κ3) is 4.41. The number of nitrogens with zero attached hydrogens (tertiary/aromatic N) is 2. The van der Waals surface area contributed by atoms with Crippen LogP contribution in [0.3, 0.4) is 0 Å². The molecule has 3 aromatic rings. The molecule has 0 unspecified atom stereocenters. The highest BCUT2D eigenvalue weighted by Crippen LogP contribution is 2.21. The Balaban J connectivity index is 1.55. The Morgan fingerprint density at radius 2 is 2.00 bits per heavy atom. The average molecular weight is 341 g/mol. The summed E-state index contributed by atoms with van der Waals surface area (Å²) in [5.41, 5.74) is 1.15. The number of nitrogens with one attached hydrogen (secondary N) is 1. The minimum Gasteiger partial charge on any atom is -0.484 e. The molecule has 0 atom stereocenters. The van der Waals surface area contributed by atoms with Crippen molar-refractivity contribution in [2.75, 3.05) is 11.9 Å². The van der Waals surface area contributed by atoms with Gasteiger partial charge in [-0.25, -0.2) is 4.39 Å². The maximum absolute atomic E-state index is 13.1. The minimum absolute atomic E-state index is 0.184. The van der Waals surface area contributed by atoms with E-state index in [0.717, 1.165) is 5.56 Å². The maximum atomic E-state index is 13.1. The summed E-state index contributed by atoms with van der Waals surface area (Å²) in [4.78, 5) is 11.8. The number of hydrogen-bond acceptors (Lipinski definition) is 5. The average Bonchev–Trinajstić information content (AvgIpc) is 3.10. The Labute approximate surface area is 143 Å². The third-order valence-electron chi connectivity index (χ3n) is 3.35. The summed E-state index contributed by atoms with van der Waals surface area (Å²) in [6.45, 7) is 1.75. The molecule has 1 amide bonds. The first kappa shape index (κ1) is 16.6. The largest absolute Gasteiger partial charge is 0.484 e. The van der Waals surface area contributed by atoms with E-state index in [2.05, 4.69) is 15.5 Å². The summed E-state index contributed by atoms with van der Waals surface area (Å²) in [5, 5.41) is 10.4. The molecule has 0 aliphatic rings. The zero-order valence-corrected chi connectivity index (χ0v) is 13.5. The number of hydrogen-bond donors (Lipinski definition) is 1. The maximum Gasteiger partial charge on any atom is 0.262 e. The fourth-order valence-electron chi connectivity index (χ4n) is 2.12. The smallest absolute Gasteiger partial charge is 0.262 e. The molecule has 1 aromatic heterocycles. The Hall–Kier alpha value is -3.22. The Morgan fingerprint density at radius 3 is 2.68 bits per heavy atom. The molecule has 25 heavy (non-hydrogen) atoms. The fourth-order valence-corrected chi connectivity index (χ4v) is 2.12. The second-order valence-corrected chi connectivity index (χ2v) is 5.23. The molecule has 128 valence electrons. The van der Waals surface area contributed by atoms with Gasteiger partial charge in [-0.3, -0.25) is 4.79 Å². The van der Waals surface area contributed by atoms with E-state index in [1.807, 2.05) is 6.92 Å². The lowest BCUT2D eigenvalue weighted by molar-refractivity contribution is -0.118. The number of halogens is 1. The number of rotatable bonds is 6. The summed E-state index contributed by atoms with van der Waals surface area (Å²) < 4.78 is 24.0. The Bertz CT molecular complexity index is 862. The van der Waals surface area contributed by atoms with Crippen molar-refractivity contribution in [3.8, 4) is 17.2 Å². The van der Waals surface area contributed by atoms with E-state index in [0.29, 0.717) is 29.6 Å². The monoisotopic (exact) mass is 341 g/mol. The van der Waals surface area contributed by atoms with Crippen LogP contribution >= 0.6 is 0 Å². The normalized spacial score (nSPS) is 10.5. The highest BCUT2D eigenvalue weighted by atomic mass is 19.1. The highest BCUT2D eigenvalue weighted by Gasteiger charge is 2.08. The van der Waals surface area contributed by atoms with Gasteiger partial charge in [0.05, 0.1) is 0 Å². The number of aryl methyl sites for hydroxylation is 1. The van der Waals surface area contributed by atoms with Gasteiger partial charge in [0.1, 0.15) is 11.6 Å². The first-order valence-electron chi connectivity index (χ1n) is 7.75. The molecule has 3 rings (SSSR count). The van der Waals surface area contributed by atoms with Gasteiger partial charge in [0, 0.05) is 17.7 Å². The topological polar surface area (TPSA) is 77.2 Å². The van der Waals surface area contributed by atoms with E-state index in [1.54, 1.807) is 30.3 Å². The summed E-state index contributed by atoms with van der Waals surface area (Å²) >= 11 is 0. The lowest BCUT2D eigenvalue weighted by Gasteiger charge is -2.08. The summed E-state index contributed by atoms with van der Waals surface area (Å²) in [6, 6.07) is 12.6. The van der Waals surface area contributed by atoms with Gasteiger partial charge in [-0.05, 0) is 42.5 Å². The molecule has 0 saturated heterocycles. The fraction of sp³-hybridized carbons (Fsp3) is 0.167. The van der Waals surface area contributed by atoms with Crippen LogP contribution < -0.4 is 10.1 Å². The van der Waals surface area contributed by atoms with Crippen LogP contribution in [0.15, 0.2) is 52.9 Å². The summed E-state index contributed by atoms with van der Waals surface area (Å²) in [6.07, 6.45) is 0.675. The van der Waals surface area contributed by atoms with Crippen molar-refractivity contribution in [3.05, 3.63) is 60.2 Å². The number of benzene rings is 2. The molecule has 7 heteroatoms. The van der Waals surface area contributed by atoms with Gasteiger partial charge in [-0.1, -0.05) is 13.0 Å². The van der Waals surface area contributed by atoms with Crippen LogP contribution in [-0.2, 0) is 11.2 Å². The molecule has 0 fully saturated rings. The van der Waals surface area contributed by atoms with Gasteiger partial charge in [0.15, 0.2) is 6.61 Å². The van der Waals surface area contributed by atoms with Crippen LogP contribution in [0.1, 0.15) is 12.8 Å². The SMILES string of the molecule is CCc1nnc(-c2ccc(OCC(=O)Nc3cccc(F)c3)cc2)o1. The molecule has 1 N–H and O–H groups in total. The number of amides is 1. The van der Waals surface area contributed by atoms with E-state index < -0.39 is 5.82 Å². The second-order valence-electron chi connectivity index (χ2n) is 5.23. The first-order chi connectivity index (χ1) is 12.1. The zero-order chi connectivity index (χ0) is 17.6. The van der Waals surface area contributed by atoms with Gasteiger partial charge < -0.3 is 14.5 Å². The summed E-state index contributed by atoms with van der Waals surface area (Å²) in [7, 11) is 0. The predicted molar refractivity (Wildman–Crippen MR) is 89.6 cm³/mol. The van der Waals surface area contributed by atoms with E-state index in [9.17, 15) is 9.18 Å². The van der Waals surface area contributed by atoms with Gasteiger partial charge >= 0.3 is 0 Å². The van der Waals surface area contributed by atoms with Crippen LogP contribution in [0.25, 0.3) is 11.5 Å². The van der Waals surface area contributed by atoms with Crippen LogP contribution in [0.2, 0.25) is 0 Å². The van der Waals surface area contributed by atoms with Crippen molar-refractivity contribution in [3.63, 3.8) is 0 Å². The quantitative estimate of drug-likeness (QED) is 0.743. The molecule has 0 aliphatic heterocycles. The predicted octanol–water partition coefficient (Wildman–Crippen LogP) is 3.46. The standard InChI is InChI=1S/C18H16FN3O3/c1-2-17-21-22-18(25-17)12-6-8-15(9-7-12)24-11-16(23)20-14-5-3-4-13(19)10-14/h3-10H,2,11H2,1H3,(H,20,23). The molecule has 6 nitrogen and oxygen atoms in total. The Morgan fingerprint density at radius 1 is 1.20 bits per heavy atom. The van der Waals surface area contributed by atoms with Crippen molar-refractivity contribution in [1.82, 2.24) is 10.2 Å². The lowest BCUT2D eigenvalue weighted by Crippen LogP contribution is -2.20. The van der Waals surface area contributed by atoms with E-state index in [4.69, 9.17) is 9.15 Å². The van der Waals surface area contributed by atoms with Crippen LogP contribution in [-0.4, -0.2) is 22.7 Å². The molecular formula is C18H16FN3O3. The molecule has 0 bridgehead atoms. The highest BCUT2D eigenvalue weighted by molar-refractivity contribution is 5.91. The zero-order valence-electron chi connectivity index (χ0n) is 13.5. The second kappa shape index (κ2) is 7.57. The van der Waals surface area contributed by atoms with Gasteiger partial charge in [0.2, 0.25) is 11.8 Å². The van der Waals surface area contributed by atoms with Gasteiger partial charge in [-0.2, -0.15) is 0 Å².